The summed E-state index contributed by atoms with van der Waals surface area (Å²) in [6.45, 7) is 2.01. The Hall–Kier alpha value is -0.460. The summed E-state index contributed by atoms with van der Waals surface area (Å²) in [5.41, 5.74) is 1.69. The second kappa shape index (κ2) is 6.33. The van der Waals surface area contributed by atoms with Crippen molar-refractivity contribution in [1.29, 1.82) is 0 Å². The van der Waals surface area contributed by atoms with Crippen LogP contribution in [0.25, 0.3) is 0 Å². The van der Waals surface area contributed by atoms with E-state index in [-0.39, 0.29) is 5.82 Å². The number of hydrogen-bond acceptors (Lipinski definition) is 2. The number of rotatable bonds is 3. The first-order chi connectivity index (χ1) is 9.01. The van der Waals surface area contributed by atoms with E-state index in [1.807, 2.05) is 6.92 Å². The van der Waals surface area contributed by atoms with Crippen LogP contribution in [0.2, 0.25) is 10.2 Å². The molecule has 0 fully saturated rings. The summed E-state index contributed by atoms with van der Waals surface area (Å²) in [7, 11) is 0. The molecule has 0 aliphatic rings. The molecule has 0 bridgehead atoms. The molecule has 0 aliphatic carbocycles. The molecular formula is C13H10Cl2FIN2. The van der Waals surface area contributed by atoms with Gasteiger partial charge in [0.2, 0.25) is 0 Å². The third-order valence-electron chi connectivity index (χ3n) is 2.62. The van der Waals surface area contributed by atoms with Gasteiger partial charge in [-0.15, -0.1) is 0 Å². The van der Waals surface area contributed by atoms with E-state index >= 15 is 0 Å². The van der Waals surface area contributed by atoms with Crippen molar-refractivity contribution in [3.63, 3.8) is 0 Å². The SMILES string of the molecule is CCc1nc(Cc2ccc(F)cc2Cl)nc(Cl)c1I. The van der Waals surface area contributed by atoms with E-state index in [0.717, 1.165) is 21.2 Å². The number of hydrogen-bond donors (Lipinski definition) is 0. The number of aromatic nitrogens is 2. The minimum Gasteiger partial charge on any atom is -0.236 e. The Morgan fingerprint density at radius 1 is 1.26 bits per heavy atom. The third-order valence-corrected chi connectivity index (χ3v) is 4.70. The van der Waals surface area contributed by atoms with Crippen molar-refractivity contribution >= 4 is 45.8 Å². The molecule has 2 rings (SSSR count). The molecule has 2 aromatic rings. The Morgan fingerprint density at radius 3 is 2.63 bits per heavy atom. The summed E-state index contributed by atoms with van der Waals surface area (Å²) in [6, 6.07) is 4.29. The number of nitrogens with zero attached hydrogens (tertiary/aromatic N) is 2. The Balaban J connectivity index is 2.35. The standard InChI is InChI=1S/C13H10Cl2FIN2/c1-2-10-12(17)13(15)19-11(18-10)5-7-3-4-8(16)6-9(7)14/h3-4,6H,2,5H2,1H3. The molecule has 0 radical (unpaired) electrons. The molecule has 0 atom stereocenters. The molecule has 0 saturated heterocycles. The first-order valence-corrected chi connectivity index (χ1v) is 7.49. The normalized spacial score (nSPS) is 10.8. The molecule has 0 saturated carbocycles. The molecule has 0 unspecified atom stereocenters. The van der Waals surface area contributed by atoms with Crippen LogP contribution in [0.1, 0.15) is 24.0 Å². The summed E-state index contributed by atoms with van der Waals surface area (Å²) in [5, 5.41) is 0.817. The van der Waals surface area contributed by atoms with Crippen molar-refractivity contribution in [3.8, 4) is 0 Å². The molecule has 0 aliphatic heterocycles. The molecule has 0 N–H and O–H groups in total. The van der Waals surface area contributed by atoms with Crippen molar-refractivity contribution in [2.24, 2.45) is 0 Å². The molecule has 6 heteroatoms. The van der Waals surface area contributed by atoms with Crippen LogP contribution in [0.3, 0.4) is 0 Å². The fourth-order valence-corrected chi connectivity index (χ4v) is 2.72. The van der Waals surface area contributed by atoms with E-state index < -0.39 is 0 Å². The minimum absolute atomic E-state index is 0.357. The molecule has 0 amide bonds. The van der Waals surface area contributed by atoms with Crippen molar-refractivity contribution in [2.75, 3.05) is 0 Å². The van der Waals surface area contributed by atoms with Crippen molar-refractivity contribution < 1.29 is 4.39 Å². The van der Waals surface area contributed by atoms with E-state index in [1.54, 1.807) is 6.07 Å². The van der Waals surface area contributed by atoms with Crippen LogP contribution < -0.4 is 0 Å². The number of halogens is 4. The van der Waals surface area contributed by atoms with Crippen molar-refractivity contribution in [3.05, 3.63) is 54.8 Å². The zero-order valence-corrected chi connectivity index (χ0v) is 13.7. The summed E-state index contributed by atoms with van der Waals surface area (Å²) < 4.78 is 13.9. The van der Waals surface area contributed by atoms with E-state index in [9.17, 15) is 4.39 Å². The molecular weight excluding hydrogens is 401 g/mol. The van der Waals surface area contributed by atoms with Crippen LogP contribution >= 0.6 is 45.8 Å². The topological polar surface area (TPSA) is 25.8 Å². The maximum atomic E-state index is 13.0. The predicted molar refractivity (Wildman–Crippen MR) is 83.4 cm³/mol. The maximum Gasteiger partial charge on any atom is 0.146 e. The summed E-state index contributed by atoms with van der Waals surface area (Å²) in [4.78, 5) is 8.69. The largest absolute Gasteiger partial charge is 0.236 e. The lowest BCUT2D eigenvalue weighted by Crippen LogP contribution is -2.04. The van der Waals surface area contributed by atoms with Crippen LogP contribution in [0.4, 0.5) is 4.39 Å². The van der Waals surface area contributed by atoms with Gasteiger partial charge in [0.25, 0.3) is 0 Å². The third kappa shape index (κ3) is 3.55. The molecule has 1 aromatic heterocycles. The van der Waals surface area contributed by atoms with Gasteiger partial charge in [0.1, 0.15) is 16.8 Å². The molecule has 100 valence electrons. The summed E-state index contributed by atoms with van der Waals surface area (Å²) in [5.74, 6) is 0.236. The molecule has 0 spiro atoms. The van der Waals surface area contributed by atoms with Crippen LogP contribution in [0.5, 0.6) is 0 Å². The van der Waals surface area contributed by atoms with Crippen LogP contribution in [0, 0.1) is 9.39 Å². The van der Waals surface area contributed by atoms with E-state index in [0.29, 0.717) is 22.4 Å². The maximum absolute atomic E-state index is 13.0. The van der Waals surface area contributed by atoms with Gasteiger partial charge in [-0.3, -0.25) is 0 Å². The average Bonchev–Trinajstić information content (AvgIpc) is 2.37. The monoisotopic (exact) mass is 410 g/mol. The summed E-state index contributed by atoms with van der Waals surface area (Å²) in [6.07, 6.45) is 1.22. The Labute approximate surface area is 134 Å². The van der Waals surface area contributed by atoms with E-state index in [2.05, 4.69) is 32.6 Å². The first-order valence-electron chi connectivity index (χ1n) is 5.66. The highest BCUT2D eigenvalue weighted by atomic mass is 127. The van der Waals surface area contributed by atoms with Crippen molar-refractivity contribution in [2.45, 2.75) is 19.8 Å². The van der Waals surface area contributed by atoms with Gasteiger partial charge in [0.05, 0.1) is 9.26 Å². The highest BCUT2D eigenvalue weighted by molar-refractivity contribution is 14.1. The van der Waals surface area contributed by atoms with Gasteiger partial charge in [-0.1, -0.05) is 36.2 Å². The summed E-state index contributed by atoms with van der Waals surface area (Å²) >= 11 is 14.2. The van der Waals surface area contributed by atoms with Gasteiger partial charge in [0.15, 0.2) is 0 Å². The molecule has 1 heterocycles. The Kier molecular flexibility index (Phi) is 4.97. The predicted octanol–water partition coefficient (Wildman–Crippen LogP) is 4.68. The van der Waals surface area contributed by atoms with Gasteiger partial charge in [-0.2, -0.15) is 0 Å². The zero-order chi connectivity index (χ0) is 14.0. The van der Waals surface area contributed by atoms with Gasteiger partial charge >= 0.3 is 0 Å². The first kappa shape index (κ1) is 14.9. The smallest absolute Gasteiger partial charge is 0.146 e. The number of benzene rings is 1. The van der Waals surface area contributed by atoms with Gasteiger partial charge in [-0.25, -0.2) is 14.4 Å². The van der Waals surface area contributed by atoms with Gasteiger partial charge in [0, 0.05) is 11.4 Å². The zero-order valence-electron chi connectivity index (χ0n) is 10.1. The fourth-order valence-electron chi connectivity index (χ4n) is 1.66. The second-order valence-corrected chi connectivity index (χ2v) is 5.80. The highest BCUT2D eigenvalue weighted by Gasteiger charge is 2.11. The average molecular weight is 411 g/mol. The Morgan fingerprint density at radius 2 is 2.00 bits per heavy atom. The lowest BCUT2D eigenvalue weighted by molar-refractivity contribution is 0.627. The lowest BCUT2D eigenvalue weighted by Gasteiger charge is -2.08. The molecule has 2 nitrogen and oxygen atoms in total. The van der Waals surface area contributed by atoms with E-state index in [1.165, 1.54) is 12.1 Å². The second-order valence-electron chi connectivity index (χ2n) is 3.96. The van der Waals surface area contributed by atoms with Crippen LogP contribution in [0.15, 0.2) is 18.2 Å². The number of aryl methyl sites for hydroxylation is 1. The van der Waals surface area contributed by atoms with Crippen LogP contribution in [-0.4, -0.2) is 9.97 Å². The van der Waals surface area contributed by atoms with Gasteiger partial charge in [-0.05, 0) is 46.7 Å². The Bertz CT molecular complexity index is 620. The van der Waals surface area contributed by atoms with Crippen molar-refractivity contribution in [1.82, 2.24) is 9.97 Å². The molecule has 19 heavy (non-hydrogen) atoms. The molecule has 1 aromatic carbocycles. The van der Waals surface area contributed by atoms with E-state index in [4.69, 9.17) is 23.2 Å². The highest BCUT2D eigenvalue weighted by Crippen LogP contribution is 2.23. The lowest BCUT2D eigenvalue weighted by atomic mass is 10.1. The minimum atomic E-state index is -0.357. The van der Waals surface area contributed by atoms with Gasteiger partial charge < -0.3 is 0 Å². The van der Waals surface area contributed by atoms with Crippen LogP contribution in [-0.2, 0) is 12.8 Å². The fraction of sp³-hybridized carbons (Fsp3) is 0.231. The quantitative estimate of drug-likeness (QED) is 0.542.